The van der Waals surface area contributed by atoms with Crippen LogP contribution in [-0.4, -0.2) is 84.5 Å². The second kappa shape index (κ2) is 14.1. The first kappa shape index (κ1) is 34.3. The lowest BCUT2D eigenvalue weighted by Crippen LogP contribution is -2.52. The summed E-state index contributed by atoms with van der Waals surface area (Å²) in [4.78, 5) is 46.0. The molecule has 53 heavy (non-hydrogen) atoms. The molecule has 4 heterocycles. The Morgan fingerprint density at radius 1 is 0.774 bits per heavy atom. The van der Waals surface area contributed by atoms with Crippen LogP contribution in [0.25, 0.3) is 0 Å². The summed E-state index contributed by atoms with van der Waals surface area (Å²) in [6.07, 6.45) is 8.64. The highest BCUT2D eigenvalue weighted by molar-refractivity contribution is 6.05. The molecule has 2 aliphatic carbocycles. The van der Waals surface area contributed by atoms with Gasteiger partial charge in [0.2, 0.25) is 11.8 Å². The molecule has 9 nitrogen and oxygen atoms in total. The van der Waals surface area contributed by atoms with E-state index in [4.69, 9.17) is 0 Å². The SMILES string of the molecule is O=C1CC[C@@H](N2Cc3cc(N4CCN(CC5CCN(c6ccc([C@H]7c8ccc(O)cc8CC[C@H]7C7CCC7)cc6F)CC5)CC4)ccc3C2=O)C(=O)N1. The number of amides is 3. The van der Waals surface area contributed by atoms with Gasteiger partial charge in [-0.25, -0.2) is 4.39 Å². The lowest BCUT2D eigenvalue weighted by Gasteiger charge is -2.43. The standard InChI is InChI=1S/C43H50FN5O4/c44-37-24-30(41-34(28-2-1-3-28)8-4-29-23-33(50)7-10-35(29)41)5-11-38(37)48-16-14-27(15-17-48)25-46-18-20-47(21-19-46)32-6-9-36-31(22-32)26-49(43(36)53)39-12-13-40(51)45-42(39)52/h5-7,9-11,22-24,27-28,34,39,41,50H,1-4,8,12-21,25-26H2,(H,45,51,52)/t34-,39+,41+/m0/s1. The van der Waals surface area contributed by atoms with Gasteiger partial charge >= 0.3 is 0 Å². The summed E-state index contributed by atoms with van der Waals surface area (Å²) in [6.45, 7) is 6.94. The highest BCUT2D eigenvalue weighted by atomic mass is 19.1. The molecule has 9 rings (SSSR count). The molecule has 0 unspecified atom stereocenters. The third-order valence-electron chi connectivity index (χ3n) is 13.4. The van der Waals surface area contributed by atoms with Gasteiger partial charge in [-0.2, -0.15) is 0 Å². The van der Waals surface area contributed by atoms with Crippen LogP contribution in [0.5, 0.6) is 5.75 Å². The summed E-state index contributed by atoms with van der Waals surface area (Å²) in [5, 5.41) is 12.5. The average molecular weight is 720 g/mol. The van der Waals surface area contributed by atoms with E-state index in [1.54, 1.807) is 11.0 Å². The molecule has 3 aromatic carbocycles. The maximum Gasteiger partial charge on any atom is 0.255 e. The number of anilines is 2. The van der Waals surface area contributed by atoms with E-state index < -0.39 is 6.04 Å². The van der Waals surface area contributed by atoms with Gasteiger partial charge in [-0.15, -0.1) is 0 Å². The van der Waals surface area contributed by atoms with Crippen LogP contribution in [0.1, 0.15) is 89.9 Å². The van der Waals surface area contributed by atoms with Gasteiger partial charge in [-0.3, -0.25) is 24.6 Å². The number of fused-ring (bicyclic) bond motifs is 2. The Bertz CT molecular complexity index is 1910. The van der Waals surface area contributed by atoms with Crippen molar-refractivity contribution in [1.82, 2.24) is 15.1 Å². The number of carbonyl (C=O) groups excluding carboxylic acids is 3. The zero-order chi connectivity index (χ0) is 36.2. The van der Waals surface area contributed by atoms with Gasteiger partial charge in [0.15, 0.2) is 0 Å². The van der Waals surface area contributed by atoms with Crippen molar-refractivity contribution in [3.63, 3.8) is 0 Å². The van der Waals surface area contributed by atoms with Crippen LogP contribution in [0, 0.1) is 23.6 Å². The summed E-state index contributed by atoms with van der Waals surface area (Å²) in [7, 11) is 0. The van der Waals surface area contributed by atoms with Gasteiger partial charge in [0.05, 0.1) is 5.69 Å². The third kappa shape index (κ3) is 6.57. The lowest BCUT2D eigenvalue weighted by molar-refractivity contribution is -0.136. The highest BCUT2D eigenvalue weighted by Crippen LogP contribution is 2.50. The summed E-state index contributed by atoms with van der Waals surface area (Å²) >= 11 is 0. The molecule has 278 valence electrons. The van der Waals surface area contributed by atoms with Crippen LogP contribution in [0.3, 0.4) is 0 Å². The molecular weight excluding hydrogens is 670 g/mol. The summed E-state index contributed by atoms with van der Waals surface area (Å²) in [5.41, 5.74) is 6.96. The Morgan fingerprint density at radius 2 is 1.58 bits per heavy atom. The number of carbonyl (C=O) groups is 3. The zero-order valence-electron chi connectivity index (χ0n) is 30.4. The number of nitrogens with one attached hydrogen (secondary N) is 1. The van der Waals surface area contributed by atoms with Gasteiger partial charge in [0.1, 0.15) is 17.6 Å². The molecule has 2 N–H and O–H groups in total. The molecule has 0 spiro atoms. The second-order valence-corrected chi connectivity index (χ2v) is 16.4. The minimum Gasteiger partial charge on any atom is -0.508 e. The largest absolute Gasteiger partial charge is 0.508 e. The molecular formula is C43H50FN5O4. The number of hydrogen-bond acceptors (Lipinski definition) is 7. The molecule has 3 saturated heterocycles. The van der Waals surface area contributed by atoms with Crippen molar-refractivity contribution in [2.75, 3.05) is 55.6 Å². The topological polar surface area (TPSA) is 96.4 Å². The number of phenolic OH excluding ortho intramolecular Hbond substituents is 1. The van der Waals surface area contributed by atoms with Gasteiger partial charge < -0.3 is 19.8 Å². The first-order valence-corrected chi connectivity index (χ1v) is 19.9. The van der Waals surface area contributed by atoms with Crippen LogP contribution in [0.2, 0.25) is 0 Å². The molecule has 3 aromatic rings. The molecule has 0 radical (unpaired) electrons. The zero-order valence-corrected chi connectivity index (χ0v) is 30.4. The van der Waals surface area contributed by atoms with Crippen LogP contribution >= 0.6 is 0 Å². The van der Waals surface area contributed by atoms with Crippen molar-refractivity contribution in [3.8, 4) is 5.75 Å². The van der Waals surface area contributed by atoms with E-state index in [-0.39, 0.29) is 35.9 Å². The number of hydrogen-bond donors (Lipinski definition) is 2. The lowest BCUT2D eigenvalue weighted by atomic mass is 9.62. The monoisotopic (exact) mass is 719 g/mol. The van der Waals surface area contributed by atoms with Crippen molar-refractivity contribution in [3.05, 3.63) is 88.2 Å². The number of halogens is 1. The maximum atomic E-state index is 16.0. The fourth-order valence-corrected chi connectivity index (χ4v) is 10.3. The Balaban J connectivity index is 0.782. The predicted octanol–water partition coefficient (Wildman–Crippen LogP) is 5.83. The average Bonchev–Trinajstić information content (AvgIpc) is 3.46. The molecule has 1 saturated carbocycles. The molecule has 3 atom stereocenters. The predicted molar refractivity (Wildman–Crippen MR) is 202 cm³/mol. The van der Waals surface area contributed by atoms with Crippen LogP contribution < -0.4 is 15.1 Å². The number of aryl methyl sites for hydroxylation is 1. The molecule has 4 aliphatic heterocycles. The van der Waals surface area contributed by atoms with Crippen LogP contribution in [0.4, 0.5) is 15.8 Å². The van der Waals surface area contributed by atoms with E-state index in [9.17, 15) is 19.5 Å². The van der Waals surface area contributed by atoms with E-state index in [1.165, 1.54) is 30.4 Å². The number of phenols is 1. The molecule has 0 bridgehead atoms. The van der Waals surface area contributed by atoms with Crippen molar-refractivity contribution in [2.45, 2.75) is 76.3 Å². The number of aromatic hydroxyl groups is 1. The number of imide groups is 1. The van der Waals surface area contributed by atoms with Crippen molar-refractivity contribution >= 4 is 29.1 Å². The number of nitrogens with zero attached hydrogens (tertiary/aromatic N) is 4. The minimum atomic E-state index is -0.599. The summed E-state index contributed by atoms with van der Waals surface area (Å²) in [6, 6.07) is 17.2. The van der Waals surface area contributed by atoms with Crippen LogP contribution in [-0.2, 0) is 22.6 Å². The van der Waals surface area contributed by atoms with Crippen LogP contribution in [0.15, 0.2) is 54.6 Å². The van der Waals surface area contributed by atoms with Gasteiger partial charge in [0.25, 0.3) is 5.91 Å². The fraction of sp³-hybridized carbons (Fsp3) is 0.512. The number of piperazine rings is 1. The highest BCUT2D eigenvalue weighted by Gasteiger charge is 2.40. The van der Waals surface area contributed by atoms with E-state index in [0.717, 1.165) is 94.0 Å². The number of rotatable bonds is 7. The van der Waals surface area contributed by atoms with Crippen molar-refractivity contribution in [2.24, 2.45) is 17.8 Å². The summed E-state index contributed by atoms with van der Waals surface area (Å²) in [5.74, 6) is 1.41. The van der Waals surface area contributed by atoms with E-state index >= 15 is 4.39 Å². The second-order valence-electron chi connectivity index (χ2n) is 16.4. The third-order valence-corrected chi connectivity index (χ3v) is 13.4. The normalized spacial score (nSPS) is 25.6. The first-order valence-electron chi connectivity index (χ1n) is 19.9. The number of benzene rings is 3. The Kier molecular flexibility index (Phi) is 9.12. The Hall–Kier alpha value is -4.44. The number of piperidine rings is 2. The Labute approximate surface area is 311 Å². The van der Waals surface area contributed by atoms with Crippen molar-refractivity contribution in [1.29, 1.82) is 0 Å². The molecule has 6 aliphatic rings. The van der Waals surface area contributed by atoms with Gasteiger partial charge in [-0.1, -0.05) is 31.4 Å². The Morgan fingerprint density at radius 3 is 2.32 bits per heavy atom. The molecule has 0 aromatic heterocycles. The molecule has 4 fully saturated rings. The fourth-order valence-electron chi connectivity index (χ4n) is 10.3. The van der Waals surface area contributed by atoms with E-state index in [0.29, 0.717) is 42.0 Å². The summed E-state index contributed by atoms with van der Waals surface area (Å²) < 4.78 is 16.0. The molecule has 3 amide bonds. The van der Waals surface area contributed by atoms with Gasteiger partial charge in [0, 0.05) is 75.9 Å². The maximum absolute atomic E-state index is 16.0. The van der Waals surface area contributed by atoms with E-state index in [2.05, 4.69) is 38.2 Å². The van der Waals surface area contributed by atoms with Crippen molar-refractivity contribution < 1.29 is 23.9 Å². The smallest absolute Gasteiger partial charge is 0.255 e. The minimum absolute atomic E-state index is 0.116. The van der Waals surface area contributed by atoms with E-state index in [1.807, 2.05) is 30.3 Å². The van der Waals surface area contributed by atoms with Gasteiger partial charge in [-0.05, 0) is 115 Å². The molecule has 10 heteroatoms. The quantitative estimate of drug-likeness (QED) is 0.297. The first-order chi connectivity index (χ1) is 25.8.